The predicted octanol–water partition coefficient (Wildman–Crippen LogP) is 2.88. The smallest absolute Gasteiger partial charge is 0.339 e. The van der Waals surface area contributed by atoms with Gasteiger partial charge in [-0.2, -0.15) is 0 Å². The summed E-state index contributed by atoms with van der Waals surface area (Å²) >= 11 is 0. The van der Waals surface area contributed by atoms with Crippen molar-refractivity contribution in [3.8, 4) is 0 Å². The summed E-state index contributed by atoms with van der Waals surface area (Å²) in [6, 6.07) is 9.71. The van der Waals surface area contributed by atoms with Crippen LogP contribution >= 0.6 is 0 Å². The SMILES string of the molecule is C=CCOC(=O)c1cccc2cc(C(=O)O)ccc12. The molecular weight excluding hydrogens is 244 g/mol. The van der Waals surface area contributed by atoms with Gasteiger partial charge >= 0.3 is 11.9 Å². The van der Waals surface area contributed by atoms with Crippen molar-refractivity contribution in [3.05, 3.63) is 60.2 Å². The third-order valence-corrected chi connectivity index (χ3v) is 2.68. The minimum absolute atomic E-state index is 0.141. The molecule has 2 aromatic rings. The number of carboxylic acids is 1. The molecule has 4 nitrogen and oxygen atoms in total. The molecular formula is C15H12O4. The number of aromatic carboxylic acids is 1. The van der Waals surface area contributed by atoms with E-state index in [4.69, 9.17) is 9.84 Å². The highest BCUT2D eigenvalue weighted by atomic mass is 16.5. The molecule has 0 bridgehead atoms. The fourth-order valence-corrected chi connectivity index (χ4v) is 1.81. The third kappa shape index (κ3) is 2.63. The van der Waals surface area contributed by atoms with Crippen LogP contribution < -0.4 is 0 Å². The van der Waals surface area contributed by atoms with E-state index in [1.54, 1.807) is 24.3 Å². The fourth-order valence-electron chi connectivity index (χ4n) is 1.81. The molecule has 2 aromatic carbocycles. The van der Waals surface area contributed by atoms with Crippen molar-refractivity contribution in [1.82, 2.24) is 0 Å². The molecule has 0 radical (unpaired) electrons. The van der Waals surface area contributed by atoms with Crippen LogP contribution in [-0.2, 0) is 4.74 Å². The molecule has 0 fully saturated rings. The predicted molar refractivity (Wildman–Crippen MR) is 71.4 cm³/mol. The summed E-state index contributed by atoms with van der Waals surface area (Å²) in [5, 5.41) is 10.3. The van der Waals surface area contributed by atoms with Gasteiger partial charge in [-0.15, -0.1) is 0 Å². The van der Waals surface area contributed by atoms with E-state index in [1.165, 1.54) is 18.2 Å². The number of carboxylic acid groups (broad SMARTS) is 1. The Bertz CT molecular complexity index is 658. The number of carbonyl (C=O) groups is 2. The molecule has 0 saturated heterocycles. The molecule has 0 aliphatic rings. The molecule has 4 heteroatoms. The zero-order valence-electron chi connectivity index (χ0n) is 10.1. The minimum Gasteiger partial charge on any atom is -0.478 e. The second-order valence-electron chi connectivity index (χ2n) is 3.93. The van der Waals surface area contributed by atoms with Crippen LogP contribution in [0.4, 0.5) is 0 Å². The monoisotopic (exact) mass is 256 g/mol. The van der Waals surface area contributed by atoms with Crippen LogP contribution in [0.25, 0.3) is 10.8 Å². The van der Waals surface area contributed by atoms with Gasteiger partial charge in [-0.05, 0) is 29.0 Å². The van der Waals surface area contributed by atoms with Gasteiger partial charge in [0.1, 0.15) is 6.61 Å². The molecule has 19 heavy (non-hydrogen) atoms. The van der Waals surface area contributed by atoms with Crippen molar-refractivity contribution >= 4 is 22.7 Å². The maximum absolute atomic E-state index is 11.9. The molecule has 0 aliphatic carbocycles. The number of carbonyl (C=O) groups excluding carboxylic acids is 1. The second-order valence-corrected chi connectivity index (χ2v) is 3.93. The molecule has 0 saturated carbocycles. The van der Waals surface area contributed by atoms with Gasteiger partial charge in [-0.3, -0.25) is 0 Å². The number of hydrogen-bond donors (Lipinski definition) is 1. The standard InChI is InChI=1S/C15H12O4/c1-2-8-19-15(18)13-5-3-4-10-9-11(14(16)17)6-7-12(10)13/h2-7,9H,1,8H2,(H,16,17). The van der Waals surface area contributed by atoms with E-state index >= 15 is 0 Å². The van der Waals surface area contributed by atoms with E-state index in [9.17, 15) is 9.59 Å². The van der Waals surface area contributed by atoms with Gasteiger partial charge in [0.15, 0.2) is 0 Å². The number of benzene rings is 2. The van der Waals surface area contributed by atoms with Crippen molar-refractivity contribution in [1.29, 1.82) is 0 Å². The van der Waals surface area contributed by atoms with Crippen molar-refractivity contribution < 1.29 is 19.4 Å². The summed E-state index contributed by atoms with van der Waals surface area (Å²) in [4.78, 5) is 22.8. The lowest BCUT2D eigenvalue weighted by atomic mass is 10.0. The molecule has 1 N–H and O–H groups in total. The number of ether oxygens (including phenoxy) is 1. The average Bonchev–Trinajstić information content (AvgIpc) is 2.43. The largest absolute Gasteiger partial charge is 0.478 e. The van der Waals surface area contributed by atoms with E-state index < -0.39 is 11.9 Å². The minimum atomic E-state index is -0.999. The van der Waals surface area contributed by atoms with Gasteiger partial charge in [0.2, 0.25) is 0 Å². The Hall–Kier alpha value is -2.62. The van der Waals surface area contributed by atoms with Gasteiger partial charge in [-0.1, -0.05) is 30.9 Å². The van der Waals surface area contributed by atoms with Crippen molar-refractivity contribution in [2.24, 2.45) is 0 Å². The average molecular weight is 256 g/mol. The Morgan fingerprint density at radius 2 is 2.05 bits per heavy atom. The van der Waals surface area contributed by atoms with Crippen molar-refractivity contribution in [2.75, 3.05) is 6.61 Å². The van der Waals surface area contributed by atoms with Gasteiger partial charge < -0.3 is 9.84 Å². The quantitative estimate of drug-likeness (QED) is 0.674. The molecule has 0 spiro atoms. The number of rotatable bonds is 4. The maximum atomic E-state index is 11.9. The normalized spacial score (nSPS) is 10.1. The fraction of sp³-hybridized carbons (Fsp3) is 0.0667. The van der Waals surface area contributed by atoms with E-state index in [1.807, 2.05) is 0 Å². The van der Waals surface area contributed by atoms with Crippen LogP contribution in [-0.4, -0.2) is 23.7 Å². The summed E-state index contributed by atoms with van der Waals surface area (Å²) in [6.07, 6.45) is 1.49. The highest BCUT2D eigenvalue weighted by Crippen LogP contribution is 2.21. The van der Waals surface area contributed by atoms with Gasteiger partial charge in [0.25, 0.3) is 0 Å². The summed E-state index contributed by atoms with van der Waals surface area (Å²) in [7, 11) is 0. The molecule has 2 rings (SSSR count). The maximum Gasteiger partial charge on any atom is 0.339 e. The van der Waals surface area contributed by atoms with Crippen LogP contribution in [0.3, 0.4) is 0 Å². The number of esters is 1. The van der Waals surface area contributed by atoms with E-state index in [2.05, 4.69) is 6.58 Å². The van der Waals surface area contributed by atoms with Crippen LogP contribution in [0.2, 0.25) is 0 Å². The van der Waals surface area contributed by atoms with E-state index in [-0.39, 0.29) is 12.2 Å². The van der Waals surface area contributed by atoms with E-state index in [0.717, 1.165) is 0 Å². The van der Waals surface area contributed by atoms with Crippen molar-refractivity contribution in [2.45, 2.75) is 0 Å². The summed E-state index contributed by atoms with van der Waals surface area (Å²) in [5.74, 6) is -1.45. The van der Waals surface area contributed by atoms with Crippen molar-refractivity contribution in [3.63, 3.8) is 0 Å². The highest BCUT2D eigenvalue weighted by molar-refractivity contribution is 6.06. The zero-order chi connectivity index (χ0) is 13.8. The summed E-state index contributed by atoms with van der Waals surface area (Å²) in [5.41, 5.74) is 0.598. The first-order chi connectivity index (χ1) is 9.13. The number of hydrogen-bond acceptors (Lipinski definition) is 3. The zero-order valence-corrected chi connectivity index (χ0v) is 10.1. The van der Waals surface area contributed by atoms with Gasteiger partial charge in [-0.25, -0.2) is 9.59 Å². The van der Waals surface area contributed by atoms with Crippen LogP contribution in [0.5, 0.6) is 0 Å². The molecule has 0 atom stereocenters. The Kier molecular flexibility index (Phi) is 3.61. The van der Waals surface area contributed by atoms with Gasteiger partial charge in [0.05, 0.1) is 11.1 Å². The first kappa shape index (κ1) is 12.8. The molecule has 96 valence electrons. The molecule has 0 heterocycles. The Balaban J connectivity index is 2.48. The molecule has 0 aromatic heterocycles. The molecule has 0 aliphatic heterocycles. The second kappa shape index (κ2) is 5.35. The van der Waals surface area contributed by atoms with Gasteiger partial charge in [0, 0.05) is 0 Å². The summed E-state index contributed by atoms with van der Waals surface area (Å²) < 4.78 is 4.99. The summed E-state index contributed by atoms with van der Waals surface area (Å²) in [6.45, 7) is 3.62. The lowest BCUT2D eigenvalue weighted by molar-refractivity contribution is 0.0551. The van der Waals surface area contributed by atoms with Crippen LogP contribution in [0.1, 0.15) is 20.7 Å². The Morgan fingerprint density at radius 1 is 1.26 bits per heavy atom. The third-order valence-electron chi connectivity index (χ3n) is 2.68. The molecule has 0 amide bonds. The lowest BCUT2D eigenvalue weighted by Crippen LogP contribution is -2.06. The lowest BCUT2D eigenvalue weighted by Gasteiger charge is -2.06. The number of fused-ring (bicyclic) bond motifs is 1. The van der Waals surface area contributed by atoms with Crippen LogP contribution in [0.15, 0.2) is 49.1 Å². The molecule has 0 unspecified atom stereocenters. The first-order valence-corrected chi connectivity index (χ1v) is 5.67. The highest BCUT2D eigenvalue weighted by Gasteiger charge is 2.12. The Morgan fingerprint density at radius 3 is 2.74 bits per heavy atom. The van der Waals surface area contributed by atoms with E-state index in [0.29, 0.717) is 16.3 Å². The topological polar surface area (TPSA) is 63.6 Å². The Labute approximate surface area is 109 Å². The first-order valence-electron chi connectivity index (χ1n) is 5.67. The van der Waals surface area contributed by atoms with Crippen LogP contribution in [0, 0.1) is 0 Å².